The van der Waals surface area contributed by atoms with Gasteiger partial charge in [0, 0.05) is 23.3 Å². The van der Waals surface area contributed by atoms with Gasteiger partial charge in [0.05, 0.1) is 31.1 Å². The van der Waals surface area contributed by atoms with E-state index in [1.807, 2.05) is 104 Å². The molecule has 0 saturated heterocycles. The summed E-state index contributed by atoms with van der Waals surface area (Å²) in [4.78, 5) is 14.1. The van der Waals surface area contributed by atoms with E-state index in [4.69, 9.17) is 14.2 Å². The number of Topliss-reactive ketones (excluding diaryl/α,β-unsaturated/α-hetero) is 1. The van der Waals surface area contributed by atoms with E-state index in [0.717, 1.165) is 45.1 Å². The molecule has 0 amide bonds. The Hall–Kier alpha value is -4.71. The van der Waals surface area contributed by atoms with Gasteiger partial charge in [0.15, 0.2) is 17.3 Å². The first kappa shape index (κ1) is 26.5. The van der Waals surface area contributed by atoms with Crippen molar-refractivity contribution in [2.24, 2.45) is 0 Å². The molecule has 2 N–H and O–H groups in total. The van der Waals surface area contributed by atoms with Crippen molar-refractivity contribution in [3.63, 3.8) is 0 Å². The maximum Gasteiger partial charge on any atom is 0.163 e. The molecule has 208 valence electrons. The largest absolute Gasteiger partial charge is 0.493 e. The van der Waals surface area contributed by atoms with Crippen molar-refractivity contribution in [2.75, 3.05) is 24.4 Å². The lowest BCUT2D eigenvalue weighted by Gasteiger charge is -2.30. The van der Waals surface area contributed by atoms with E-state index < -0.39 is 0 Å². The molecule has 0 bridgehead atoms. The third kappa shape index (κ3) is 5.50. The Labute approximate surface area is 241 Å². The maximum absolute atomic E-state index is 14.1. The second kappa shape index (κ2) is 11.8. The monoisotopic (exact) mass is 546 g/mol. The van der Waals surface area contributed by atoms with Crippen LogP contribution in [-0.4, -0.2) is 19.5 Å². The van der Waals surface area contributed by atoms with Crippen LogP contribution in [0.2, 0.25) is 0 Å². The van der Waals surface area contributed by atoms with Gasteiger partial charge in [-0.05, 0) is 60.7 Å². The summed E-state index contributed by atoms with van der Waals surface area (Å²) >= 11 is 0. The summed E-state index contributed by atoms with van der Waals surface area (Å²) in [5, 5.41) is 7.31. The number of fused-ring (bicyclic) bond motifs is 1. The molecule has 2 atom stereocenters. The molecule has 6 nitrogen and oxygen atoms in total. The van der Waals surface area contributed by atoms with Crippen LogP contribution in [0.15, 0.2) is 108 Å². The molecule has 0 radical (unpaired) electrons. The van der Waals surface area contributed by atoms with Crippen molar-refractivity contribution < 1.29 is 19.0 Å². The Bertz CT molecular complexity index is 1580. The number of methoxy groups -OCH3 is 1. The van der Waals surface area contributed by atoms with Gasteiger partial charge in [-0.3, -0.25) is 4.79 Å². The smallest absolute Gasteiger partial charge is 0.163 e. The molecule has 4 aromatic carbocycles. The number of allylic oxidation sites excluding steroid dienone is 1. The van der Waals surface area contributed by atoms with Crippen LogP contribution in [0.5, 0.6) is 17.2 Å². The van der Waals surface area contributed by atoms with Gasteiger partial charge in [-0.25, -0.2) is 0 Å². The van der Waals surface area contributed by atoms with Gasteiger partial charge in [0.1, 0.15) is 12.4 Å². The van der Waals surface area contributed by atoms with Crippen molar-refractivity contribution in [1.29, 1.82) is 0 Å². The number of carbonyl (C=O) groups excluding carboxylic acids is 1. The lowest BCUT2D eigenvalue weighted by molar-refractivity contribution is -0.116. The predicted octanol–water partition coefficient (Wildman–Crippen LogP) is 7.65. The number of ether oxygens (including phenoxy) is 3. The van der Waals surface area contributed by atoms with Crippen LogP contribution < -0.4 is 24.8 Å². The number of para-hydroxylation sites is 3. The van der Waals surface area contributed by atoms with Gasteiger partial charge in [0.2, 0.25) is 0 Å². The van der Waals surface area contributed by atoms with Crippen molar-refractivity contribution >= 4 is 17.2 Å². The highest BCUT2D eigenvalue weighted by Crippen LogP contribution is 2.46. The van der Waals surface area contributed by atoms with E-state index in [-0.39, 0.29) is 17.7 Å². The molecule has 1 aliphatic carbocycles. The maximum atomic E-state index is 14.1. The summed E-state index contributed by atoms with van der Waals surface area (Å²) in [6, 6.07) is 31.8. The topological polar surface area (TPSA) is 68.8 Å². The number of hydrogen-bond donors (Lipinski definition) is 2. The van der Waals surface area contributed by atoms with Crippen LogP contribution in [-0.2, 0) is 11.4 Å². The fourth-order valence-electron chi connectivity index (χ4n) is 5.76. The SMILES string of the molecule is CCOc1ccc(C2CC(=O)C3=C(C2)Nc2ccccc2NC3c2ccccc2OCc2ccccc2)cc1OC. The van der Waals surface area contributed by atoms with Gasteiger partial charge in [-0.15, -0.1) is 0 Å². The average molecular weight is 547 g/mol. The van der Waals surface area contributed by atoms with Gasteiger partial charge >= 0.3 is 0 Å². The molecule has 2 unspecified atom stereocenters. The molecule has 2 aliphatic rings. The van der Waals surface area contributed by atoms with Gasteiger partial charge < -0.3 is 24.8 Å². The van der Waals surface area contributed by atoms with E-state index in [1.54, 1.807) is 7.11 Å². The Balaban J connectivity index is 1.38. The van der Waals surface area contributed by atoms with Crippen LogP contribution in [0.25, 0.3) is 0 Å². The number of anilines is 2. The molecule has 4 aromatic rings. The fourth-order valence-corrected chi connectivity index (χ4v) is 5.76. The normalized spacial score (nSPS) is 17.9. The van der Waals surface area contributed by atoms with Crippen LogP contribution in [0, 0.1) is 0 Å². The average Bonchev–Trinajstić information content (AvgIpc) is 3.18. The second-order valence-corrected chi connectivity index (χ2v) is 10.3. The van der Waals surface area contributed by atoms with Crippen LogP contribution in [0.1, 0.15) is 48.4 Å². The van der Waals surface area contributed by atoms with Crippen LogP contribution in [0.4, 0.5) is 11.4 Å². The molecule has 1 aliphatic heterocycles. The molecule has 1 heterocycles. The summed E-state index contributed by atoms with van der Waals surface area (Å²) < 4.78 is 17.7. The minimum Gasteiger partial charge on any atom is -0.493 e. The second-order valence-electron chi connectivity index (χ2n) is 10.3. The van der Waals surface area contributed by atoms with Crippen molar-refractivity contribution in [2.45, 2.75) is 38.3 Å². The summed E-state index contributed by atoms with van der Waals surface area (Å²) in [6.45, 7) is 2.95. The number of ketones is 1. The minimum absolute atomic E-state index is 0.00816. The Morgan fingerprint density at radius 3 is 2.34 bits per heavy atom. The Morgan fingerprint density at radius 1 is 0.780 bits per heavy atom. The highest BCUT2D eigenvalue weighted by Gasteiger charge is 2.37. The molecule has 6 heteroatoms. The van der Waals surface area contributed by atoms with E-state index in [0.29, 0.717) is 37.6 Å². The number of carbonyl (C=O) groups is 1. The first-order valence-corrected chi connectivity index (χ1v) is 14.1. The third-order valence-electron chi connectivity index (χ3n) is 7.74. The van der Waals surface area contributed by atoms with E-state index in [9.17, 15) is 4.79 Å². The van der Waals surface area contributed by atoms with E-state index >= 15 is 0 Å². The van der Waals surface area contributed by atoms with Crippen molar-refractivity contribution in [3.05, 3.63) is 125 Å². The lowest BCUT2D eigenvalue weighted by Crippen LogP contribution is -2.27. The highest BCUT2D eigenvalue weighted by molar-refractivity contribution is 6.01. The van der Waals surface area contributed by atoms with Crippen LogP contribution in [0.3, 0.4) is 0 Å². The zero-order valence-electron chi connectivity index (χ0n) is 23.4. The molecule has 0 aromatic heterocycles. The molecular formula is C35H34N2O4. The van der Waals surface area contributed by atoms with Crippen molar-refractivity contribution in [1.82, 2.24) is 0 Å². The Kier molecular flexibility index (Phi) is 7.63. The van der Waals surface area contributed by atoms with Gasteiger partial charge in [-0.2, -0.15) is 0 Å². The zero-order chi connectivity index (χ0) is 28.2. The number of benzene rings is 4. The molecule has 41 heavy (non-hydrogen) atoms. The molecule has 0 spiro atoms. The third-order valence-corrected chi connectivity index (χ3v) is 7.74. The first-order chi connectivity index (χ1) is 20.1. The van der Waals surface area contributed by atoms with Crippen LogP contribution >= 0.6 is 0 Å². The number of nitrogens with one attached hydrogen (secondary N) is 2. The highest BCUT2D eigenvalue weighted by atomic mass is 16.5. The lowest BCUT2D eigenvalue weighted by atomic mass is 9.78. The Morgan fingerprint density at radius 2 is 1.54 bits per heavy atom. The summed E-state index contributed by atoms with van der Waals surface area (Å²) in [7, 11) is 1.64. The standard InChI is InChI=1S/C35H34N2O4/c1-3-40-32-18-17-24(21-33(32)39-2)25-19-29-34(30(38)20-25)35(37-28-15-9-8-14-27(28)36-29)26-13-7-10-16-31(26)41-22-23-11-5-4-6-12-23/h4-18,21,25,35-37H,3,19-20,22H2,1-2H3. The quantitative estimate of drug-likeness (QED) is 0.237. The van der Waals surface area contributed by atoms with Gasteiger partial charge in [-0.1, -0.05) is 66.7 Å². The number of hydrogen-bond acceptors (Lipinski definition) is 6. The zero-order valence-corrected chi connectivity index (χ0v) is 23.4. The van der Waals surface area contributed by atoms with E-state index in [1.165, 1.54) is 0 Å². The summed E-state index contributed by atoms with van der Waals surface area (Å²) in [6.07, 6.45) is 1.09. The van der Waals surface area contributed by atoms with E-state index in [2.05, 4.69) is 10.6 Å². The molecule has 0 fully saturated rings. The number of rotatable bonds is 8. The first-order valence-electron chi connectivity index (χ1n) is 14.1. The fraction of sp³-hybridized carbons (Fsp3) is 0.229. The predicted molar refractivity (Wildman–Crippen MR) is 162 cm³/mol. The molecule has 6 rings (SSSR count). The van der Waals surface area contributed by atoms with Gasteiger partial charge in [0.25, 0.3) is 0 Å². The molecule has 0 saturated carbocycles. The minimum atomic E-state index is -0.364. The summed E-state index contributed by atoms with van der Waals surface area (Å²) in [5.74, 6) is 2.26. The molecular weight excluding hydrogens is 512 g/mol. The summed E-state index contributed by atoms with van der Waals surface area (Å²) in [5.41, 5.74) is 6.65. The van der Waals surface area contributed by atoms with Crippen molar-refractivity contribution in [3.8, 4) is 17.2 Å².